The number of rotatable bonds is 5. The number of nitrogens with one attached hydrogen (secondary N) is 1. The highest BCUT2D eigenvalue weighted by molar-refractivity contribution is 6.30. The number of hydrogen-bond acceptors (Lipinski definition) is 3. The first-order valence-corrected chi connectivity index (χ1v) is 7.04. The second kappa shape index (κ2) is 6.73. The van der Waals surface area contributed by atoms with Crippen molar-refractivity contribution in [1.29, 1.82) is 0 Å². The van der Waals surface area contributed by atoms with Crippen LogP contribution in [0, 0.1) is 6.92 Å². The topological polar surface area (TPSA) is 34.1 Å². The predicted molar refractivity (Wildman–Crippen MR) is 82.5 cm³/mol. The molecule has 1 aromatic heterocycles. The monoisotopic (exact) mass is 290 g/mol. The Morgan fingerprint density at radius 2 is 2.00 bits per heavy atom. The van der Waals surface area contributed by atoms with Crippen LogP contribution in [0.1, 0.15) is 29.7 Å². The van der Waals surface area contributed by atoms with Gasteiger partial charge in [-0.3, -0.25) is 4.98 Å². The number of halogens is 1. The highest BCUT2D eigenvalue weighted by atomic mass is 35.5. The fourth-order valence-corrected chi connectivity index (χ4v) is 2.59. The van der Waals surface area contributed by atoms with Crippen LogP contribution >= 0.6 is 11.6 Å². The van der Waals surface area contributed by atoms with Gasteiger partial charge < -0.3 is 10.1 Å². The van der Waals surface area contributed by atoms with E-state index in [4.69, 9.17) is 16.3 Å². The van der Waals surface area contributed by atoms with Gasteiger partial charge in [0.25, 0.3) is 0 Å². The number of nitrogens with zero attached hydrogens (tertiary/aromatic N) is 1. The molecule has 0 saturated carbocycles. The van der Waals surface area contributed by atoms with E-state index in [0.717, 1.165) is 27.5 Å². The summed E-state index contributed by atoms with van der Waals surface area (Å²) in [5.41, 5.74) is 3.31. The average molecular weight is 291 g/mol. The van der Waals surface area contributed by atoms with Gasteiger partial charge in [0, 0.05) is 11.2 Å². The van der Waals surface area contributed by atoms with E-state index in [1.807, 2.05) is 45.3 Å². The van der Waals surface area contributed by atoms with Crippen molar-refractivity contribution >= 4 is 11.6 Å². The molecule has 1 aromatic carbocycles. The molecule has 2 aromatic rings. The van der Waals surface area contributed by atoms with Crippen LogP contribution in [0.5, 0.6) is 5.75 Å². The smallest absolute Gasteiger partial charge is 0.137 e. The van der Waals surface area contributed by atoms with Gasteiger partial charge in [-0.1, -0.05) is 17.7 Å². The zero-order chi connectivity index (χ0) is 14.5. The molecule has 3 nitrogen and oxygen atoms in total. The minimum atomic E-state index is 0.0420. The number of hydrogen-bond donors (Lipinski definition) is 1. The largest absolute Gasteiger partial charge is 0.492 e. The van der Waals surface area contributed by atoms with E-state index < -0.39 is 0 Å². The van der Waals surface area contributed by atoms with E-state index >= 15 is 0 Å². The van der Waals surface area contributed by atoms with Gasteiger partial charge in [-0.25, -0.2) is 0 Å². The second-order valence-corrected chi connectivity index (χ2v) is 5.11. The van der Waals surface area contributed by atoms with E-state index in [1.54, 1.807) is 6.20 Å². The molecule has 0 radical (unpaired) electrons. The molecule has 0 aliphatic rings. The summed E-state index contributed by atoms with van der Waals surface area (Å²) in [4.78, 5) is 4.24. The fourth-order valence-electron chi connectivity index (χ4n) is 2.30. The number of ether oxygens (including phenoxy) is 1. The van der Waals surface area contributed by atoms with E-state index in [0.29, 0.717) is 6.61 Å². The molecule has 20 heavy (non-hydrogen) atoms. The molecule has 106 valence electrons. The maximum absolute atomic E-state index is 6.15. The van der Waals surface area contributed by atoms with Crippen LogP contribution in [0.4, 0.5) is 0 Å². The van der Waals surface area contributed by atoms with Crippen molar-refractivity contribution in [1.82, 2.24) is 10.3 Å². The first-order valence-electron chi connectivity index (χ1n) is 6.66. The Bertz CT molecular complexity index is 566. The minimum absolute atomic E-state index is 0.0420. The van der Waals surface area contributed by atoms with E-state index in [1.165, 1.54) is 0 Å². The van der Waals surface area contributed by atoms with Crippen LogP contribution < -0.4 is 10.1 Å². The third kappa shape index (κ3) is 3.50. The van der Waals surface area contributed by atoms with Gasteiger partial charge in [0.15, 0.2) is 0 Å². The molecule has 4 heteroatoms. The van der Waals surface area contributed by atoms with Gasteiger partial charge in [-0.15, -0.1) is 0 Å². The van der Waals surface area contributed by atoms with Crippen molar-refractivity contribution in [2.45, 2.75) is 19.9 Å². The van der Waals surface area contributed by atoms with E-state index in [2.05, 4.69) is 16.4 Å². The summed E-state index contributed by atoms with van der Waals surface area (Å²) >= 11 is 6.15. The standard InChI is InChI=1S/C16H19ClN2O/c1-4-20-15-8-13(9-19-10-15)16(18-3)12-5-11(2)6-14(17)7-12/h5-10,16,18H,4H2,1-3H3. The van der Waals surface area contributed by atoms with Gasteiger partial charge in [0.05, 0.1) is 18.8 Å². The maximum atomic E-state index is 6.15. The first kappa shape index (κ1) is 14.8. The SMILES string of the molecule is CCOc1cncc(C(NC)c2cc(C)cc(Cl)c2)c1. The van der Waals surface area contributed by atoms with Gasteiger partial charge in [-0.2, -0.15) is 0 Å². The van der Waals surface area contributed by atoms with Crippen LogP contribution in [0.2, 0.25) is 5.02 Å². The molecule has 0 bridgehead atoms. The number of aromatic nitrogens is 1. The summed E-state index contributed by atoms with van der Waals surface area (Å²) < 4.78 is 5.51. The fraction of sp³-hybridized carbons (Fsp3) is 0.312. The molecule has 0 aliphatic heterocycles. The van der Waals surface area contributed by atoms with Gasteiger partial charge in [0.2, 0.25) is 0 Å². The highest BCUT2D eigenvalue weighted by Crippen LogP contribution is 2.27. The Morgan fingerprint density at radius 3 is 2.65 bits per heavy atom. The quantitative estimate of drug-likeness (QED) is 0.910. The summed E-state index contributed by atoms with van der Waals surface area (Å²) in [6, 6.07) is 8.10. The van der Waals surface area contributed by atoms with Crippen molar-refractivity contribution < 1.29 is 4.74 Å². The summed E-state index contributed by atoms with van der Waals surface area (Å²) in [5, 5.41) is 4.05. The molecule has 0 aliphatic carbocycles. The zero-order valence-corrected chi connectivity index (χ0v) is 12.7. The highest BCUT2D eigenvalue weighted by Gasteiger charge is 2.14. The molecule has 0 saturated heterocycles. The Hall–Kier alpha value is -1.58. The zero-order valence-electron chi connectivity index (χ0n) is 12.0. The minimum Gasteiger partial charge on any atom is -0.492 e. The van der Waals surface area contributed by atoms with Crippen molar-refractivity contribution in [3.05, 3.63) is 58.4 Å². The summed E-state index contributed by atoms with van der Waals surface area (Å²) in [6.45, 7) is 4.63. The molecular formula is C16H19ClN2O. The summed E-state index contributed by atoms with van der Waals surface area (Å²) in [5.74, 6) is 0.781. The van der Waals surface area contributed by atoms with Gasteiger partial charge in [0.1, 0.15) is 5.75 Å². The number of aryl methyl sites for hydroxylation is 1. The number of pyridine rings is 1. The molecule has 0 amide bonds. The Labute approximate surface area is 124 Å². The van der Waals surface area contributed by atoms with Crippen LogP contribution in [-0.2, 0) is 0 Å². The molecule has 0 fully saturated rings. The lowest BCUT2D eigenvalue weighted by molar-refractivity contribution is 0.338. The van der Waals surface area contributed by atoms with Crippen molar-refractivity contribution in [3.8, 4) is 5.75 Å². The Kier molecular flexibility index (Phi) is 4.99. The molecule has 2 rings (SSSR count). The Balaban J connectivity index is 2.38. The summed E-state index contributed by atoms with van der Waals surface area (Å²) in [6.07, 6.45) is 3.57. The van der Waals surface area contributed by atoms with Crippen molar-refractivity contribution in [2.24, 2.45) is 0 Å². The first-order chi connectivity index (χ1) is 9.63. The predicted octanol–water partition coefficient (Wildman–Crippen LogP) is 3.75. The molecule has 1 N–H and O–H groups in total. The second-order valence-electron chi connectivity index (χ2n) is 4.67. The maximum Gasteiger partial charge on any atom is 0.137 e. The lowest BCUT2D eigenvalue weighted by Crippen LogP contribution is -2.18. The van der Waals surface area contributed by atoms with Gasteiger partial charge >= 0.3 is 0 Å². The lowest BCUT2D eigenvalue weighted by Gasteiger charge is -2.18. The molecular weight excluding hydrogens is 272 g/mol. The third-order valence-corrected chi connectivity index (χ3v) is 3.28. The Morgan fingerprint density at radius 1 is 1.20 bits per heavy atom. The normalized spacial score (nSPS) is 12.2. The lowest BCUT2D eigenvalue weighted by atomic mass is 9.98. The third-order valence-electron chi connectivity index (χ3n) is 3.07. The average Bonchev–Trinajstić information content (AvgIpc) is 2.39. The van der Waals surface area contributed by atoms with Crippen LogP contribution in [-0.4, -0.2) is 18.6 Å². The van der Waals surface area contributed by atoms with Crippen molar-refractivity contribution in [2.75, 3.05) is 13.7 Å². The molecule has 1 heterocycles. The molecule has 0 spiro atoms. The van der Waals surface area contributed by atoms with Crippen LogP contribution in [0.3, 0.4) is 0 Å². The van der Waals surface area contributed by atoms with Crippen molar-refractivity contribution in [3.63, 3.8) is 0 Å². The molecule has 1 atom stereocenters. The van der Waals surface area contributed by atoms with Crippen LogP contribution in [0.25, 0.3) is 0 Å². The summed E-state index contributed by atoms with van der Waals surface area (Å²) in [7, 11) is 1.92. The van der Waals surface area contributed by atoms with E-state index in [-0.39, 0.29) is 6.04 Å². The van der Waals surface area contributed by atoms with E-state index in [9.17, 15) is 0 Å². The number of benzene rings is 1. The van der Waals surface area contributed by atoms with Crippen LogP contribution in [0.15, 0.2) is 36.7 Å². The molecule has 1 unspecified atom stereocenters. The van der Waals surface area contributed by atoms with Gasteiger partial charge in [-0.05, 0) is 55.8 Å².